The molecule has 0 amide bonds. The van der Waals surface area contributed by atoms with Gasteiger partial charge in [0.05, 0.1) is 5.52 Å². The Kier molecular flexibility index (Phi) is 4.67. The number of fused-ring (bicyclic) bond motifs is 1. The van der Waals surface area contributed by atoms with Crippen LogP contribution < -0.4 is 4.74 Å². The standard InChI is InChI=1S/C22H16ClNO4/c23-15-8-6-14(7-9-15)13-24-19-11-10-16(25)12-18(19)21(20(24)22(26)27)28-17-4-2-1-3-5-17/h1-12,25H,13H2,(H,26,27). The predicted molar refractivity (Wildman–Crippen MR) is 108 cm³/mol. The van der Waals surface area contributed by atoms with Gasteiger partial charge < -0.3 is 19.5 Å². The Morgan fingerprint density at radius 2 is 1.71 bits per heavy atom. The molecule has 0 aliphatic heterocycles. The molecule has 0 saturated heterocycles. The summed E-state index contributed by atoms with van der Waals surface area (Å²) < 4.78 is 7.61. The highest BCUT2D eigenvalue weighted by molar-refractivity contribution is 6.30. The third kappa shape index (κ3) is 3.40. The lowest BCUT2D eigenvalue weighted by molar-refractivity contribution is 0.0683. The second kappa shape index (κ2) is 7.29. The topological polar surface area (TPSA) is 71.7 Å². The lowest BCUT2D eigenvalue weighted by atomic mass is 10.2. The van der Waals surface area contributed by atoms with Crippen molar-refractivity contribution in [2.45, 2.75) is 6.54 Å². The zero-order valence-corrected chi connectivity index (χ0v) is 15.4. The molecule has 5 nitrogen and oxygen atoms in total. The van der Waals surface area contributed by atoms with Crippen molar-refractivity contribution in [3.05, 3.63) is 89.1 Å². The van der Waals surface area contributed by atoms with Crippen LogP contribution in [0, 0.1) is 0 Å². The molecule has 140 valence electrons. The molecule has 0 aliphatic rings. The summed E-state index contributed by atoms with van der Waals surface area (Å²) in [5.41, 5.74) is 1.55. The van der Waals surface area contributed by atoms with Gasteiger partial charge in [-0.2, -0.15) is 0 Å². The summed E-state index contributed by atoms with van der Waals surface area (Å²) in [5, 5.41) is 21.0. The van der Waals surface area contributed by atoms with E-state index in [1.807, 2.05) is 18.2 Å². The lowest BCUT2D eigenvalue weighted by Gasteiger charge is -2.10. The van der Waals surface area contributed by atoms with Crippen molar-refractivity contribution in [2.24, 2.45) is 0 Å². The summed E-state index contributed by atoms with van der Waals surface area (Å²) in [7, 11) is 0. The summed E-state index contributed by atoms with van der Waals surface area (Å²) in [4.78, 5) is 12.1. The van der Waals surface area contributed by atoms with E-state index in [2.05, 4.69) is 0 Å². The number of benzene rings is 3. The molecule has 0 saturated carbocycles. The van der Waals surface area contributed by atoms with Crippen molar-refractivity contribution < 1.29 is 19.7 Å². The van der Waals surface area contributed by atoms with E-state index in [1.54, 1.807) is 47.0 Å². The number of aromatic nitrogens is 1. The van der Waals surface area contributed by atoms with Crippen LogP contribution in [0.4, 0.5) is 0 Å². The molecule has 4 aromatic rings. The number of phenols is 1. The van der Waals surface area contributed by atoms with E-state index < -0.39 is 5.97 Å². The van der Waals surface area contributed by atoms with E-state index in [1.165, 1.54) is 12.1 Å². The van der Waals surface area contributed by atoms with Crippen LogP contribution >= 0.6 is 11.6 Å². The molecule has 1 aromatic heterocycles. The van der Waals surface area contributed by atoms with Crippen LogP contribution in [-0.4, -0.2) is 20.7 Å². The van der Waals surface area contributed by atoms with Crippen molar-refractivity contribution in [1.82, 2.24) is 4.57 Å². The summed E-state index contributed by atoms with van der Waals surface area (Å²) in [5.74, 6) is -0.376. The van der Waals surface area contributed by atoms with Gasteiger partial charge in [-0.1, -0.05) is 41.9 Å². The van der Waals surface area contributed by atoms with Crippen molar-refractivity contribution in [1.29, 1.82) is 0 Å². The van der Waals surface area contributed by atoms with Crippen molar-refractivity contribution in [3.63, 3.8) is 0 Å². The van der Waals surface area contributed by atoms with E-state index in [0.717, 1.165) is 5.56 Å². The average Bonchev–Trinajstić information content (AvgIpc) is 2.97. The van der Waals surface area contributed by atoms with Gasteiger partial charge in [0.15, 0.2) is 11.4 Å². The normalized spacial score (nSPS) is 10.9. The minimum Gasteiger partial charge on any atom is -0.508 e. The van der Waals surface area contributed by atoms with E-state index in [-0.39, 0.29) is 17.2 Å². The number of carboxylic acids is 1. The summed E-state index contributed by atoms with van der Waals surface area (Å²) in [6.07, 6.45) is 0. The number of ether oxygens (including phenoxy) is 1. The Balaban J connectivity index is 1.91. The van der Waals surface area contributed by atoms with Crippen LogP contribution in [0.1, 0.15) is 16.1 Å². The van der Waals surface area contributed by atoms with Gasteiger partial charge in [-0.15, -0.1) is 0 Å². The first kappa shape index (κ1) is 17.9. The Morgan fingerprint density at radius 3 is 2.39 bits per heavy atom. The van der Waals surface area contributed by atoms with E-state index in [9.17, 15) is 15.0 Å². The number of hydrogen-bond acceptors (Lipinski definition) is 3. The van der Waals surface area contributed by atoms with Crippen molar-refractivity contribution in [2.75, 3.05) is 0 Å². The molecule has 28 heavy (non-hydrogen) atoms. The summed E-state index contributed by atoms with van der Waals surface area (Å²) in [6, 6.07) is 20.9. The number of hydrogen-bond donors (Lipinski definition) is 2. The Hall–Kier alpha value is -3.44. The molecule has 0 radical (unpaired) electrons. The molecule has 0 atom stereocenters. The maximum atomic E-state index is 12.1. The van der Waals surface area contributed by atoms with Crippen LogP contribution in [0.15, 0.2) is 72.8 Å². The number of para-hydroxylation sites is 1. The zero-order valence-electron chi connectivity index (χ0n) is 14.7. The van der Waals surface area contributed by atoms with Crippen molar-refractivity contribution >= 4 is 28.5 Å². The number of phenolic OH excluding ortho intramolecular Hbond substituents is 1. The Morgan fingerprint density at radius 1 is 1.00 bits per heavy atom. The number of carbonyl (C=O) groups is 1. The van der Waals surface area contributed by atoms with Crippen LogP contribution in [0.5, 0.6) is 17.2 Å². The van der Waals surface area contributed by atoms with Gasteiger partial charge in [0.1, 0.15) is 11.5 Å². The smallest absolute Gasteiger partial charge is 0.356 e. The van der Waals surface area contributed by atoms with Crippen LogP contribution in [0.2, 0.25) is 5.02 Å². The number of rotatable bonds is 5. The minimum absolute atomic E-state index is 0.0133. The number of halogens is 1. The molecule has 4 rings (SSSR count). The van der Waals surface area contributed by atoms with Crippen molar-refractivity contribution in [3.8, 4) is 17.2 Å². The lowest BCUT2D eigenvalue weighted by Crippen LogP contribution is -2.10. The number of aromatic hydroxyl groups is 1. The fourth-order valence-corrected chi connectivity index (χ4v) is 3.30. The molecule has 3 aromatic carbocycles. The predicted octanol–water partition coefficient (Wildman–Crippen LogP) is 5.54. The Labute approximate surface area is 166 Å². The van der Waals surface area contributed by atoms with Gasteiger partial charge in [-0.05, 0) is 48.0 Å². The second-order valence-electron chi connectivity index (χ2n) is 6.31. The highest BCUT2D eigenvalue weighted by atomic mass is 35.5. The van der Waals surface area contributed by atoms with Crippen LogP contribution in [-0.2, 0) is 6.54 Å². The SMILES string of the molecule is O=C(O)c1c(Oc2ccccc2)c2cc(O)ccc2n1Cc1ccc(Cl)cc1. The van der Waals surface area contributed by atoms with Crippen LogP contribution in [0.3, 0.4) is 0 Å². The largest absolute Gasteiger partial charge is 0.508 e. The van der Waals surface area contributed by atoms with Gasteiger partial charge in [-0.3, -0.25) is 0 Å². The molecule has 0 unspecified atom stereocenters. The summed E-state index contributed by atoms with van der Waals surface area (Å²) >= 11 is 5.95. The maximum Gasteiger partial charge on any atom is 0.356 e. The minimum atomic E-state index is -1.12. The molecule has 1 heterocycles. The quantitative estimate of drug-likeness (QED) is 0.467. The highest BCUT2D eigenvalue weighted by Gasteiger charge is 2.25. The molecular formula is C22H16ClNO4. The molecule has 0 fully saturated rings. The molecule has 0 aliphatic carbocycles. The molecule has 0 spiro atoms. The zero-order chi connectivity index (χ0) is 19.7. The monoisotopic (exact) mass is 393 g/mol. The molecular weight excluding hydrogens is 378 g/mol. The second-order valence-corrected chi connectivity index (χ2v) is 6.75. The molecule has 0 bridgehead atoms. The van der Waals surface area contributed by atoms with Gasteiger partial charge in [0, 0.05) is 17.0 Å². The fourth-order valence-electron chi connectivity index (χ4n) is 3.17. The first-order valence-electron chi connectivity index (χ1n) is 8.59. The highest BCUT2D eigenvalue weighted by Crippen LogP contribution is 2.38. The van der Waals surface area contributed by atoms with Gasteiger partial charge in [0.2, 0.25) is 0 Å². The van der Waals surface area contributed by atoms with Gasteiger partial charge >= 0.3 is 5.97 Å². The first-order valence-corrected chi connectivity index (χ1v) is 8.96. The van der Waals surface area contributed by atoms with E-state index >= 15 is 0 Å². The van der Waals surface area contributed by atoms with E-state index in [4.69, 9.17) is 16.3 Å². The first-order chi connectivity index (χ1) is 13.5. The number of carboxylic acid groups (broad SMARTS) is 1. The van der Waals surface area contributed by atoms with Gasteiger partial charge in [-0.25, -0.2) is 4.79 Å². The number of nitrogens with zero attached hydrogens (tertiary/aromatic N) is 1. The third-order valence-corrected chi connectivity index (χ3v) is 4.67. The fraction of sp³-hybridized carbons (Fsp3) is 0.0455. The molecule has 6 heteroatoms. The molecule has 2 N–H and O–H groups in total. The number of aromatic carboxylic acids is 1. The Bertz CT molecular complexity index is 1150. The summed E-state index contributed by atoms with van der Waals surface area (Å²) in [6.45, 7) is 0.318. The van der Waals surface area contributed by atoms with Gasteiger partial charge in [0.25, 0.3) is 0 Å². The maximum absolute atomic E-state index is 12.1. The van der Waals surface area contributed by atoms with Crippen LogP contribution in [0.25, 0.3) is 10.9 Å². The average molecular weight is 394 g/mol. The van der Waals surface area contributed by atoms with E-state index in [0.29, 0.717) is 28.2 Å². The third-order valence-electron chi connectivity index (χ3n) is 4.42.